The predicted octanol–water partition coefficient (Wildman–Crippen LogP) is 3.61. The molecule has 0 spiro atoms. The molecular weight excluding hydrogens is 294 g/mol. The van der Waals surface area contributed by atoms with Crippen molar-refractivity contribution in [1.29, 1.82) is 5.26 Å². The van der Waals surface area contributed by atoms with Crippen molar-refractivity contribution in [2.24, 2.45) is 0 Å². The molecule has 1 aromatic carbocycles. The van der Waals surface area contributed by atoms with Crippen molar-refractivity contribution in [1.82, 2.24) is 4.98 Å². The largest absolute Gasteiger partial charge is 0.325 e. The van der Waals surface area contributed by atoms with Gasteiger partial charge in [-0.25, -0.2) is 4.98 Å². The van der Waals surface area contributed by atoms with Crippen LogP contribution in [-0.4, -0.2) is 16.6 Å². The number of amides is 1. The topological polar surface area (TPSA) is 65.8 Å². The molecule has 22 heavy (non-hydrogen) atoms. The SMILES string of the molecule is Cc1nc(SCC(=O)Nc2ccccc2)c(C#N)c(C)c1C. The molecule has 0 aliphatic carbocycles. The van der Waals surface area contributed by atoms with Gasteiger partial charge in [-0.3, -0.25) is 4.79 Å². The van der Waals surface area contributed by atoms with Gasteiger partial charge >= 0.3 is 0 Å². The van der Waals surface area contributed by atoms with Gasteiger partial charge in [0.05, 0.1) is 11.3 Å². The number of carbonyl (C=O) groups excluding carboxylic acids is 1. The van der Waals surface area contributed by atoms with E-state index in [2.05, 4.69) is 16.4 Å². The Morgan fingerprint density at radius 1 is 1.23 bits per heavy atom. The summed E-state index contributed by atoms with van der Waals surface area (Å²) in [4.78, 5) is 16.4. The number of anilines is 1. The van der Waals surface area contributed by atoms with Crippen LogP contribution in [0.15, 0.2) is 35.4 Å². The standard InChI is InChI=1S/C17H17N3OS/c1-11-12(2)15(9-18)17(19-13(11)3)22-10-16(21)20-14-7-5-4-6-8-14/h4-8H,10H2,1-3H3,(H,20,21). The van der Waals surface area contributed by atoms with E-state index in [-0.39, 0.29) is 11.7 Å². The molecule has 0 saturated heterocycles. The molecule has 0 bridgehead atoms. The highest BCUT2D eigenvalue weighted by Crippen LogP contribution is 2.26. The van der Waals surface area contributed by atoms with Gasteiger partial charge in [0.2, 0.25) is 5.91 Å². The summed E-state index contributed by atoms with van der Waals surface area (Å²) < 4.78 is 0. The van der Waals surface area contributed by atoms with E-state index in [4.69, 9.17) is 0 Å². The number of aryl methyl sites for hydroxylation is 1. The second-order valence-electron chi connectivity index (χ2n) is 4.94. The van der Waals surface area contributed by atoms with Gasteiger partial charge < -0.3 is 5.32 Å². The number of hydrogen-bond acceptors (Lipinski definition) is 4. The molecule has 5 heteroatoms. The van der Waals surface area contributed by atoms with Crippen LogP contribution >= 0.6 is 11.8 Å². The summed E-state index contributed by atoms with van der Waals surface area (Å²) in [7, 11) is 0. The van der Waals surface area contributed by atoms with Crippen LogP contribution < -0.4 is 5.32 Å². The van der Waals surface area contributed by atoms with Crippen LogP contribution in [0.2, 0.25) is 0 Å². The third-order valence-electron chi connectivity index (χ3n) is 3.47. The van der Waals surface area contributed by atoms with Gasteiger partial charge in [-0.15, -0.1) is 0 Å². The van der Waals surface area contributed by atoms with Crippen LogP contribution in [0.3, 0.4) is 0 Å². The number of nitrogens with one attached hydrogen (secondary N) is 1. The molecule has 0 saturated carbocycles. The number of nitrogens with zero attached hydrogens (tertiary/aromatic N) is 2. The molecule has 112 valence electrons. The number of nitriles is 1. The number of benzene rings is 1. The first-order chi connectivity index (χ1) is 10.5. The predicted molar refractivity (Wildman–Crippen MR) is 89.0 cm³/mol. The maximum atomic E-state index is 12.0. The van der Waals surface area contributed by atoms with Crippen LogP contribution in [0.5, 0.6) is 0 Å². The zero-order valence-corrected chi connectivity index (χ0v) is 13.6. The van der Waals surface area contributed by atoms with Gasteiger partial charge in [0.15, 0.2) is 0 Å². The van der Waals surface area contributed by atoms with Crippen LogP contribution in [0.25, 0.3) is 0 Å². The lowest BCUT2D eigenvalue weighted by Crippen LogP contribution is -2.14. The summed E-state index contributed by atoms with van der Waals surface area (Å²) in [6, 6.07) is 11.5. The molecule has 0 aliphatic rings. The summed E-state index contributed by atoms with van der Waals surface area (Å²) in [6.45, 7) is 5.78. The molecular formula is C17H17N3OS. The van der Waals surface area contributed by atoms with E-state index in [1.54, 1.807) is 0 Å². The number of thioether (sulfide) groups is 1. The quantitative estimate of drug-likeness (QED) is 0.876. The molecule has 2 aromatic rings. The monoisotopic (exact) mass is 311 g/mol. The Kier molecular flexibility index (Phi) is 5.18. The highest BCUT2D eigenvalue weighted by molar-refractivity contribution is 8.00. The number of carbonyl (C=O) groups is 1. The van der Waals surface area contributed by atoms with Crippen molar-refractivity contribution in [2.45, 2.75) is 25.8 Å². The lowest BCUT2D eigenvalue weighted by atomic mass is 10.1. The summed E-state index contributed by atoms with van der Waals surface area (Å²) in [5.41, 5.74) is 4.16. The first-order valence-corrected chi connectivity index (χ1v) is 7.87. The zero-order valence-electron chi connectivity index (χ0n) is 12.8. The van der Waals surface area contributed by atoms with Crippen molar-refractivity contribution < 1.29 is 4.79 Å². The third kappa shape index (κ3) is 3.66. The summed E-state index contributed by atoms with van der Waals surface area (Å²) >= 11 is 1.29. The normalized spacial score (nSPS) is 10.1. The van der Waals surface area contributed by atoms with Crippen molar-refractivity contribution in [2.75, 3.05) is 11.1 Å². The molecule has 0 radical (unpaired) electrons. The van der Waals surface area contributed by atoms with Crippen molar-refractivity contribution >= 4 is 23.4 Å². The first-order valence-electron chi connectivity index (χ1n) is 6.88. The number of hydrogen-bond donors (Lipinski definition) is 1. The van der Waals surface area contributed by atoms with E-state index >= 15 is 0 Å². The zero-order chi connectivity index (χ0) is 16.1. The Balaban J connectivity index is 2.09. The second kappa shape index (κ2) is 7.10. The fraction of sp³-hybridized carbons (Fsp3) is 0.235. The van der Waals surface area contributed by atoms with Crippen molar-refractivity contribution in [3.05, 3.63) is 52.7 Å². The number of aromatic nitrogens is 1. The van der Waals surface area contributed by atoms with Gasteiger partial charge in [-0.1, -0.05) is 30.0 Å². The maximum absolute atomic E-state index is 12.0. The van der Waals surface area contributed by atoms with E-state index in [9.17, 15) is 10.1 Å². The average molecular weight is 311 g/mol. The molecule has 1 N–H and O–H groups in total. The smallest absolute Gasteiger partial charge is 0.234 e. The molecule has 4 nitrogen and oxygen atoms in total. The number of pyridine rings is 1. The van der Waals surface area contributed by atoms with Crippen LogP contribution in [0, 0.1) is 32.1 Å². The van der Waals surface area contributed by atoms with Gasteiger partial charge in [-0.05, 0) is 44.0 Å². The highest BCUT2D eigenvalue weighted by Gasteiger charge is 2.14. The van der Waals surface area contributed by atoms with Gasteiger partial charge in [-0.2, -0.15) is 5.26 Å². The molecule has 0 unspecified atom stereocenters. The van der Waals surface area contributed by atoms with Crippen LogP contribution in [0.1, 0.15) is 22.4 Å². The molecule has 0 fully saturated rings. The molecule has 1 heterocycles. The minimum absolute atomic E-state index is 0.113. The molecule has 1 amide bonds. The Bertz CT molecular complexity index is 736. The summed E-state index contributed by atoms with van der Waals surface area (Å²) in [5, 5.41) is 12.7. The van der Waals surface area contributed by atoms with Crippen LogP contribution in [0.4, 0.5) is 5.69 Å². The Labute approximate surface area is 134 Å². The second-order valence-corrected chi connectivity index (χ2v) is 5.91. The fourth-order valence-electron chi connectivity index (χ4n) is 2.00. The fourth-order valence-corrected chi connectivity index (χ4v) is 2.88. The number of para-hydroxylation sites is 1. The number of rotatable bonds is 4. The van der Waals surface area contributed by atoms with Crippen LogP contribution in [-0.2, 0) is 4.79 Å². The minimum atomic E-state index is -0.113. The lowest BCUT2D eigenvalue weighted by Gasteiger charge is -2.11. The van der Waals surface area contributed by atoms with E-state index in [0.717, 1.165) is 22.5 Å². The Hall–Kier alpha value is -2.32. The third-order valence-corrected chi connectivity index (χ3v) is 4.45. The minimum Gasteiger partial charge on any atom is -0.325 e. The molecule has 2 rings (SSSR count). The average Bonchev–Trinajstić information content (AvgIpc) is 2.52. The van der Waals surface area contributed by atoms with Crippen molar-refractivity contribution in [3.63, 3.8) is 0 Å². The molecule has 0 aliphatic heterocycles. The van der Waals surface area contributed by atoms with Crippen molar-refractivity contribution in [3.8, 4) is 6.07 Å². The van der Waals surface area contributed by atoms with E-state index < -0.39 is 0 Å². The van der Waals surface area contributed by atoms with Gasteiger partial charge in [0, 0.05) is 11.4 Å². The maximum Gasteiger partial charge on any atom is 0.234 e. The summed E-state index contributed by atoms with van der Waals surface area (Å²) in [5.74, 6) is 0.108. The summed E-state index contributed by atoms with van der Waals surface area (Å²) in [6.07, 6.45) is 0. The van der Waals surface area contributed by atoms with E-state index in [0.29, 0.717) is 10.6 Å². The molecule has 0 atom stereocenters. The van der Waals surface area contributed by atoms with Gasteiger partial charge in [0.1, 0.15) is 11.1 Å². The first kappa shape index (κ1) is 16.1. The molecule has 1 aromatic heterocycles. The van der Waals surface area contributed by atoms with Gasteiger partial charge in [0.25, 0.3) is 0 Å². The highest BCUT2D eigenvalue weighted by atomic mass is 32.2. The Morgan fingerprint density at radius 3 is 2.55 bits per heavy atom. The lowest BCUT2D eigenvalue weighted by molar-refractivity contribution is -0.113. The van der Waals surface area contributed by atoms with E-state index in [1.165, 1.54) is 11.8 Å². The van der Waals surface area contributed by atoms with E-state index in [1.807, 2.05) is 51.1 Å². The Morgan fingerprint density at radius 2 is 1.91 bits per heavy atom.